The lowest BCUT2D eigenvalue weighted by atomic mass is 10.0. The molecule has 0 bridgehead atoms. The Morgan fingerprint density at radius 2 is 1.87 bits per heavy atom. The number of hydrogen-bond acceptors (Lipinski definition) is 3. The molecule has 1 amide bonds. The van der Waals surface area contributed by atoms with Gasteiger partial charge in [0, 0.05) is 23.7 Å². The maximum Gasteiger partial charge on any atom is 0.269 e. The maximum absolute atomic E-state index is 12.1. The van der Waals surface area contributed by atoms with Gasteiger partial charge in [-0.1, -0.05) is 42.3 Å². The Labute approximate surface area is 143 Å². The number of benzene rings is 2. The first kappa shape index (κ1) is 17.2. The average Bonchev–Trinajstić information content (AvgIpc) is 2.52. The lowest BCUT2D eigenvalue weighted by molar-refractivity contribution is -0.384. The van der Waals surface area contributed by atoms with E-state index in [0.717, 1.165) is 5.56 Å². The molecular formula is C16H14Cl2N2O3. The molecule has 0 aliphatic heterocycles. The smallest absolute Gasteiger partial charge is 0.269 e. The summed E-state index contributed by atoms with van der Waals surface area (Å²) in [5, 5.41) is 14.2. The lowest BCUT2D eigenvalue weighted by Crippen LogP contribution is -2.27. The monoisotopic (exact) mass is 352 g/mol. The topological polar surface area (TPSA) is 72.2 Å². The quantitative estimate of drug-likeness (QED) is 0.638. The Bertz CT molecular complexity index is 733. The number of non-ortho nitro benzene ring substituents is 1. The summed E-state index contributed by atoms with van der Waals surface area (Å²) in [7, 11) is 0. The fourth-order valence-electron chi connectivity index (χ4n) is 2.06. The summed E-state index contributed by atoms with van der Waals surface area (Å²) in [5.41, 5.74) is 1.29. The fourth-order valence-corrected chi connectivity index (χ4v) is 2.55. The number of nitrogens with zero attached hydrogens (tertiary/aromatic N) is 1. The van der Waals surface area contributed by atoms with Crippen LogP contribution < -0.4 is 5.32 Å². The normalized spacial score (nSPS) is 11.8. The van der Waals surface area contributed by atoms with Gasteiger partial charge in [-0.15, -0.1) is 0 Å². The second kappa shape index (κ2) is 7.44. The SMILES string of the molecule is C[C@H](CNC(=O)c1ccc(Cl)cc1Cl)c1ccc([N+](=O)[O-])cc1. The van der Waals surface area contributed by atoms with E-state index >= 15 is 0 Å². The Morgan fingerprint density at radius 3 is 2.43 bits per heavy atom. The molecule has 1 atom stereocenters. The first-order chi connectivity index (χ1) is 10.9. The Kier molecular flexibility index (Phi) is 5.58. The second-order valence-electron chi connectivity index (χ2n) is 5.08. The third-order valence-electron chi connectivity index (χ3n) is 3.42. The van der Waals surface area contributed by atoms with Crippen molar-refractivity contribution < 1.29 is 9.72 Å². The van der Waals surface area contributed by atoms with Crippen molar-refractivity contribution in [1.82, 2.24) is 5.32 Å². The summed E-state index contributed by atoms with van der Waals surface area (Å²) in [4.78, 5) is 22.3. The minimum Gasteiger partial charge on any atom is -0.351 e. The van der Waals surface area contributed by atoms with Gasteiger partial charge in [-0.2, -0.15) is 0 Å². The highest BCUT2D eigenvalue weighted by molar-refractivity contribution is 6.36. The van der Waals surface area contributed by atoms with Gasteiger partial charge in [-0.25, -0.2) is 0 Å². The van der Waals surface area contributed by atoms with Crippen LogP contribution in [0, 0.1) is 10.1 Å². The largest absolute Gasteiger partial charge is 0.351 e. The van der Waals surface area contributed by atoms with E-state index in [9.17, 15) is 14.9 Å². The van der Waals surface area contributed by atoms with Crippen LogP contribution >= 0.6 is 23.2 Å². The predicted octanol–water partition coefficient (Wildman–Crippen LogP) is 4.44. The zero-order valence-corrected chi connectivity index (χ0v) is 13.8. The van der Waals surface area contributed by atoms with E-state index in [1.807, 2.05) is 6.92 Å². The van der Waals surface area contributed by atoms with E-state index in [2.05, 4.69) is 5.32 Å². The first-order valence-corrected chi connectivity index (χ1v) is 7.61. The van der Waals surface area contributed by atoms with Gasteiger partial charge in [-0.05, 0) is 29.7 Å². The van der Waals surface area contributed by atoms with Gasteiger partial charge < -0.3 is 5.32 Å². The highest BCUT2D eigenvalue weighted by Crippen LogP contribution is 2.22. The van der Waals surface area contributed by atoms with Crippen LogP contribution in [-0.4, -0.2) is 17.4 Å². The molecule has 7 heteroatoms. The predicted molar refractivity (Wildman–Crippen MR) is 90.3 cm³/mol. The fraction of sp³-hybridized carbons (Fsp3) is 0.188. The molecular weight excluding hydrogens is 339 g/mol. The molecule has 120 valence electrons. The van der Waals surface area contributed by atoms with Gasteiger partial charge in [0.05, 0.1) is 15.5 Å². The number of nitrogens with one attached hydrogen (secondary N) is 1. The van der Waals surface area contributed by atoms with Crippen LogP contribution in [0.1, 0.15) is 28.8 Å². The summed E-state index contributed by atoms with van der Waals surface area (Å²) in [6.07, 6.45) is 0. The number of nitro benzene ring substituents is 1. The van der Waals surface area contributed by atoms with Crippen LogP contribution in [0.25, 0.3) is 0 Å². The molecule has 1 N–H and O–H groups in total. The Hall–Kier alpha value is -2.11. The number of hydrogen-bond donors (Lipinski definition) is 1. The summed E-state index contributed by atoms with van der Waals surface area (Å²) in [5.74, 6) is -0.286. The standard InChI is InChI=1S/C16H14Cl2N2O3/c1-10(11-2-5-13(6-3-11)20(22)23)9-19-16(21)14-7-4-12(17)8-15(14)18/h2-8,10H,9H2,1H3,(H,19,21)/t10-/m1/s1. The third-order valence-corrected chi connectivity index (χ3v) is 3.97. The van der Waals surface area contributed by atoms with Crippen molar-refractivity contribution in [3.63, 3.8) is 0 Å². The van der Waals surface area contributed by atoms with E-state index < -0.39 is 4.92 Å². The van der Waals surface area contributed by atoms with Crippen LogP contribution in [0.3, 0.4) is 0 Å². The van der Waals surface area contributed by atoms with Gasteiger partial charge in [0.15, 0.2) is 0 Å². The van der Waals surface area contributed by atoms with E-state index in [0.29, 0.717) is 17.1 Å². The highest BCUT2D eigenvalue weighted by Gasteiger charge is 2.13. The van der Waals surface area contributed by atoms with Crippen molar-refractivity contribution in [1.29, 1.82) is 0 Å². The van der Waals surface area contributed by atoms with Crippen LogP contribution in [0.2, 0.25) is 10.0 Å². The minimum atomic E-state index is -0.446. The van der Waals surface area contributed by atoms with Crippen molar-refractivity contribution in [2.75, 3.05) is 6.54 Å². The summed E-state index contributed by atoms with van der Waals surface area (Å²) < 4.78 is 0. The highest BCUT2D eigenvalue weighted by atomic mass is 35.5. The molecule has 0 spiro atoms. The van der Waals surface area contributed by atoms with Gasteiger partial charge in [-0.3, -0.25) is 14.9 Å². The Balaban J connectivity index is 1.99. The van der Waals surface area contributed by atoms with E-state index in [-0.39, 0.29) is 22.5 Å². The molecule has 0 unspecified atom stereocenters. The average molecular weight is 353 g/mol. The van der Waals surface area contributed by atoms with Gasteiger partial charge in [0.25, 0.3) is 11.6 Å². The molecule has 0 saturated heterocycles. The van der Waals surface area contributed by atoms with Gasteiger partial charge in [0.1, 0.15) is 0 Å². The van der Waals surface area contributed by atoms with Crippen molar-refractivity contribution in [2.45, 2.75) is 12.8 Å². The number of halogens is 2. The first-order valence-electron chi connectivity index (χ1n) is 6.86. The van der Waals surface area contributed by atoms with Gasteiger partial charge >= 0.3 is 0 Å². The Morgan fingerprint density at radius 1 is 1.22 bits per heavy atom. The zero-order valence-electron chi connectivity index (χ0n) is 12.3. The molecule has 5 nitrogen and oxygen atoms in total. The van der Waals surface area contributed by atoms with Gasteiger partial charge in [0.2, 0.25) is 0 Å². The summed E-state index contributed by atoms with van der Waals surface area (Å²) in [6, 6.07) is 10.9. The minimum absolute atomic E-state index is 0.00540. The molecule has 0 radical (unpaired) electrons. The zero-order chi connectivity index (χ0) is 17.0. The van der Waals surface area contributed by atoms with Crippen molar-refractivity contribution in [3.05, 3.63) is 73.8 Å². The number of carbonyl (C=O) groups is 1. The molecule has 0 fully saturated rings. The van der Waals surface area contributed by atoms with Crippen LogP contribution in [0.5, 0.6) is 0 Å². The van der Waals surface area contributed by atoms with E-state index in [1.54, 1.807) is 24.3 Å². The van der Waals surface area contributed by atoms with E-state index in [4.69, 9.17) is 23.2 Å². The molecule has 0 aliphatic rings. The third kappa shape index (κ3) is 4.43. The van der Waals surface area contributed by atoms with Crippen LogP contribution in [0.15, 0.2) is 42.5 Å². The van der Waals surface area contributed by atoms with Crippen molar-refractivity contribution in [3.8, 4) is 0 Å². The summed E-state index contributed by atoms with van der Waals surface area (Å²) >= 11 is 11.8. The second-order valence-corrected chi connectivity index (χ2v) is 5.93. The van der Waals surface area contributed by atoms with Crippen molar-refractivity contribution >= 4 is 34.8 Å². The lowest BCUT2D eigenvalue weighted by Gasteiger charge is -2.13. The molecule has 0 heterocycles. The molecule has 0 aromatic heterocycles. The number of amides is 1. The number of carbonyl (C=O) groups excluding carboxylic acids is 1. The summed E-state index contributed by atoms with van der Waals surface area (Å²) in [6.45, 7) is 2.31. The van der Waals surface area contributed by atoms with Crippen molar-refractivity contribution in [2.24, 2.45) is 0 Å². The molecule has 0 saturated carbocycles. The molecule has 2 rings (SSSR count). The van der Waals surface area contributed by atoms with Crippen LogP contribution in [-0.2, 0) is 0 Å². The molecule has 23 heavy (non-hydrogen) atoms. The number of nitro groups is 1. The van der Waals surface area contributed by atoms with E-state index in [1.165, 1.54) is 18.2 Å². The number of rotatable bonds is 5. The van der Waals surface area contributed by atoms with Crippen LogP contribution in [0.4, 0.5) is 5.69 Å². The maximum atomic E-state index is 12.1. The molecule has 0 aliphatic carbocycles. The molecule has 2 aromatic carbocycles. The molecule has 2 aromatic rings.